The number of carbonyl (C=O) groups excluding carboxylic acids is 2. The Kier molecular flexibility index (Phi) is 10.1. The molecule has 0 radical (unpaired) electrons. The maximum atomic E-state index is 13.0. The molecule has 52 heavy (non-hydrogen) atoms. The average Bonchev–Trinajstić information content (AvgIpc) is 3.60. The standard InChI is InChI=1S/C39H33O6.F6P/c1-5-44-38(40)35-23-36(39(41)45-6-2)32-18-12-26(11-17-31(32)35)37(33-19-9-24-7-13-27(42-3)15-21-29(24)33)34-20-10-25-8-14-28(43-4)16-22-30(25)34;1-7(2,3,4,5)6/h7-23H,5-6H2,1-4H3;/q+1;-1. The Balaban J connectivity index is 0.000000679. The summed E-state index contributed by atoms with van der Waals surface area (Å²) < 4.78 is 80.9. The molecule has 0 aromatic heterocycles. The quantitative estimate of drug-likeness (QED) is 0.0636. The van der Waals surface area contributed by atoms with Gasteiger partial charge in [-0.2, -0.15) is 0 Å². The van der Waals surface area contributed by atoms with Crippen molar-refractivity contribution in [3.8, 4) is 44.9 Å². The normalized spacial score (nSPS) is 12.7. The van der Waals surface area contributed by atoms with Gasteiger partial charge in [-0.3, -0.25) is 0 Å². The molecule has 6 nitrogen and oxygen atoms in total. The number of fused-ring (bicyclic) bond motifs is 3. The zero-order valence-corrected chi connectivity index (χ0v) is 29.3. The maximum absolute atomic E-state index is 13.0. The van der Waals surface area contributed by atoms with Crippen LogP contribution in [0.4, 0.5) is 25.2 Å². The number of esters is 2. The van der Waals surface area contributed by atoms with Gasteiger partial charge in [0.25, 0.3) is 0 Å². The monoisotopic (exact) mass is 742 g/mol. The van der Waals surface area contributed by atoms with Crippen LogP contribution in [0.2, 0.25) is 0 Å². The fraction of sp³-hybridized carbons (Fsp3) is 0.154. The summed E-state index contributed by atoms with van der Waals surface area (Å²) in [6.07, 6.45) is 0. The molecule has 0 bridgehead atoms. The molecule has 0 spiro atoms. The van der Waals surface area contributed by atoms with Crippen LogP contribution in [0.1, 0.15) is 51.3 Å². The summed E-state index contributed by atoms with van der Waals surface area (Å²) in [5, 5.41) is 0. The van der Waals surface area contributed by atoms with Gasteiger partial charge in [0.2, 0.25) is 0 Å². The van der Waals surface area contributed by atoms with Gasteiger partial charge >= 0.3 is 44.9 Å². The first-order valence-corrected chi connectivity index (χ1v) is 17.9. The van der Waals surface area contributed by atoms with Gasteiger partial charge in [0, 0.05) is 33.4 Å². The molecular weight excluding hydrogens is 709 g/mol. The van der Waals surface area contributed by atoms with Crippen molar-refractivity contribution in [2.45, 2.75) is 13.8 Å². The fourth-order valence-corrected chi connectivity index (χ4v) is 5.90. The molecule has 0 aromatic carbocycles. The molecule has 0 aliphatic heterocycles. The van der Waals surface area contributed by atoms with Gasteiger partial charge < -0.3 is 18.9 Å². The van der Waals surface area contributed by atoms with Crippen LogP contribution < -0.4 is 9.47 Å². The van der Waals surface area contributed by atoms with E-state index in [1.807, 2.05) is 48.5 Å². The third-order valence-electron chi connectivity index (χ3n) is 8.05. The molecule has 0 heterocycles. The van der Waals surface area contributed by atoms with Crippen LogP contribution in [0.5, 0.6) is 11.5 Å². The number of rotatable bonds is 9. The first-order valence-electron chi connectivity index (χ1n) is 15.9. The molecule has 6 rings (SSSR count). The summed E-state index contributed by atoms with van der Waals surface area (Å²) in [7, 11) is -7.34. The number of hydrogen-bond donors (Lipinski definition) is 0. The number of hydrogen-bond acceptors (Lipinski definition) is 6. The number of methoxy groups -OCH3 is 2. The van der Waals surface area contributed by atoms with Crippen LogP contribution >= 0.6 is 7.81 Å². The molecule has 6 aliphatic rings. The van der Waals surface area contributed by atoms with E-state index in [1.165, 1.54) is 0 Å². The molecule has 0 saturated heterocycles. The van der Waals surface area contributed by atoms with Crippen molar-refractivity contribution in [2.75, 3.05) is 27.4 Å². The Labute approximate surface area is 296 Å². The molecule has 0 N–H and O–H groups in total. The third-order valence-corrected chi connectivity index (χ3v) is 8.05. The van der Waals surface area contributed by atoms with E-state index in [4.69, 9.17) is 18.9 Å². The van der Waals surface area contributed by atoms with Gasteiger partial charge in [0.1, 0.15) is 11.5 Å². The zero-order valence-electron chi connectivity index (χ0n) is 28.4. The van der Waals surface area contributed by atoms with Crippen molar-refractivity contribution < 1.29 is 53.7 Å². The molecule has 0 aromatic rings. The van der Waals surface area contributed by atoms with Crippen molar-refractivity contribution in [1.82, 2.24) is 0 Å². The summed E-state index contributed by atoms with van der Waals surface area (Å²) in [5.41, 5.74) is 9.15. The second-order valence-electron chi connectivity index (χ2n) is 11.5. The molecule has 0 saturated carbocycles. The molecule has 6 aliphatic carbocycles. The summed E-state index contributed by atoms with van der Waals surface area (Å²) in [4.78, 5) is 26.0. The summed E-state index contributed by atoms with van der Waals surface area (Å²) in [5.74, 6) is 1.56. The average molecular weight is 743 g/mol. The molecule has 0 atom stereocenters. The van der Waals surface area contributed by atoms with Gasteiger partial charge in [0.05, 0.1) is 61.2 Å². The Hall–Kier alpha value is -5.48. The van der Waals surface area contributed by atoms with E-state index in [9.17, 15) is 34.8 Å². The van der Waals surface area contributed by atoms with E-state index in [-0.39, 0.29) is 13.2 Å². The minimum absolute atomic E-state index is 0.223. The van der Waals surface area contributed by atoms with Gasteiger partial charge in [0.15, 0.2) is 0 Å². The predicted molar refractivity (Wildman–Crippen MR) is 188 cm³/mol. The van der Waals surface area contributed by atoms with Gasteiger partial charge in [-0.15, -0.1) is 0 Å². The van der Waals surface area contributed by atoms with Gasteiger partial charge in [-0.05, 0) is 117 Å². The van der Waals surface area contributed by atoms with Crippen LogP contribution in [-0.4, -0.2) is 39.4 Å². The van der Waals surface area contributed by atoms with E-state index >= 15 is 0 Å². The topological polar surface area (TPSA) is 71.1 Å². The molecule has 0 unspecified atom stereocenters. The Morgan fingerprint density at radius 3 is 1.25 bits per heavy atom. The fourth-order valence-electron chi connectivity index (χ4n) is 5.90. The third kappa shape index (κ3) is 9.05. The summed E-state index contributed by atoms with van der Waals surface area (Å²) in [6, 6.07) is 33.9. The van der Waals surface area contributed by atoms with E-state index in [1.54, 1.807) is 34.1 Å². The summed E-state index contributed by atoms with van der Waals surface area (Å²) >= 11 is 0. The van der Waals surface area contributed by atoms with Gasteiger partial charge in [-0.1, -0.05) is 0 Å². The molecule has 0 amide bonds. The Bertz CT molecular complexity index is 2010. The van der Waals surface area contributed by atoms with Crippen molar-refractivity contribution in [3.63, 3.8) is 0 Å². The Morgan fingerprint density at radius 1 is 0.538 bits per heavy atom. The van der Waals surface area contributed by atoms with Gasteiger partial charge in [-0.25, -0.2) is 9.59 Å². The number of carbonyl (C=O) groups is 2. The van der Waals surface area contributed by atoms with Crippen molar-refractivity contribution in [1.29, 1.82) is 0 Å². The van der Waals surface area contributed by atoms with Crippen molar-refractivity contribution in [2.24, 2.45) is 0 Å². The van der Waals surface area contributed by atoms with Crippen LogP contribution in [0.25, 0.3) is 33.4 Å². The summed E-state index contributed by atoms with van der Waals surface area (Å²) in [6.45, 7) is 3.96. The first-order chi connectivity index (χ1) is 24.4. The van der Waals surface area contributed by atoms with Crippen molar-refractivity contribution in [3.05, 3.63) is 137 Å². The van der Waals surface area contributed by atoms with Crippen molar-refractivity contribution >= 4 is 19.7 Å². The molecule has 0 fully saturated rings. The van der Waals surface area contributed by atoms with Crippen LogP contribution in [0.3, 0.4) is 0 Å². The molecule has 13 heteroatoms. The zero-order chi connectivity index (χ0) is 37.9. The molecule has 272 valence electrons. The van der Waals surface area contributed by atoms with E-state index in [0.717, 1.165) is 56.4 Å². The van der Waals surface area contributed by atoms with Crippen LogP contribution in [0.15, 0.2) is 103 Å². The van der Waals surface area contributed by atoms with Crippen LogP contribution in [-0.2, 0) is 9.47 Å². The van der Waals surface area contributed by atoms with Crippen LogP contribution in [0, 0.1) is 5.92 Å². The SMILES string of the molecule is CCOC(=O)c1cc(C(=O)OCC)c2ccc([C+](c3ccc4ccc(OC)ccc3-4)c3ccc4ccc(OC)ccc3-4)ccc1-2.F[P-](F)(F)(F)(F)F. The van der Waals surface area contributed by atoms with E-state index in [2.05, 4.69) is 48.5 Å². The minimum atomic E-state index is -10.7. The number of halogens is 6. The number of ether oxygens (including phenoxy) is 4. The Morgan fingerprint density at radius 2 is 0.885 bits per heavy atom. The first kappa shape index (κ1) is 37.8. The van der Waals surface area contributed by atoms with E-state index < -0.39 is 19.7 Å². The molecular formula is C39H33F6O6P. The second-order valence-corrected chi connectivity index (χ2v) is 13.4. The second kappa shape index (κ2) is 13.9. The van der Waals surface area contributed by atoms with E-state index in [0.29, 0.717) is 22.3 Å². The predicted octanol–water partition coefficient (Wildman–Crippen LogP) is 11.8.